The summed E-state index contributed by atoms with van der Waals surface area (Å²) in [6.07, 6.45) is 0. The van der Waals surface area contributed by atoms with E-state index in [-0.39, 0.29) is 0 Å². The Kier molecular flexibility index (Phi) is 9.17. The summed E-state index contributed by atoms with van der Waals surface area (Å²) in [7, 11) is 0. The summed E-state index contributed by atoms with van der Waals surface area (Å²) < 4.78 is 6.67. The SMILES string of the molecule is c1ccc(-c2ccc(N(c3ccc(-c4ccc5ccc6c(N(c7ccccc7)c7cccc8c7oc7ccccc78)ccc7ccc4c5c76)cc3)c3ccccc3-c3ccccc3)cc2)cc1. The van der Waals surface area contributed by atoms with Gasteiger partial charge in [-0.25, -0.2) is 0 Å². The van der Waals surface area contributed by atoms with E-state index in [0.29, 0.717) is 0 Å². The first-order chi connectivity index (χ1) is 33.2. The highest BCUT2D eigenvalue weighted by Crippen LogP contribution is 2.48. The second-order valence-electron chi connectivity index (χ2n) is 17.2. The van der Waals surface area contributed by atoms with Crippen LogP contribution in [0, 0.1) is 0 Å². The number of benzene rings is 12. The van der Waals surface area contributed by atoms with Gasteiger partial charge in [0.2, 0.25) is 0 Å². The molecule has 0 spiro atoms. The molecule has 0 aliphatic rings. The molecular formula is C64H42N2O. The van der Waals surface area contributed by atoms with E-state index >= 15 is 0 Å². The van der Waals surface area contributed by atoms with E-state index in [1.807, 2.05) is 6.07 Å². The van der Waals surface area contributed by atoms with E-state index < -0.39 is 0 Å². The molecule has 0 fully saturated rings. The van der Waals surface area contributed by atoms with E-state index in [1.54, 1.807) is 0 Å². The fraction of sp³-hybridized carbons (Fsp3) is 0. The monoisotopic (exact) mass is 854 g/mol. The van der Waals surface area contributed by atoms with E-state index in [2.05, 4.69) is 259 Å². The molecule has 0 unspecified atom stereocenters. The van der Waals surface area contributed by atoms with Crippen molar-refractivity contribution in [2.75, 3.05) is 9.80 Å². The van der Waals surface area contributed by atoms with Crippen LogP contribution in [0.3, 0.4) is 0 Å². The molecule has 314 valence electrons. The maximum absolute atomic E-state index is 6.67. The summed E-state index contributed by atoms with van der Waals surface area (Å²) >= 11 is 0. The number of hydrogen-bond acceptors (Lipinski definition) is 3. The van der Waals surface area contributed by atoms with Gasteiger partial charge in [-0.15, -0.1) is 0 Å². The lowest BCUT2D eigenvalue weighted by Crippen LogP contribution is -2.11. The van der Waals surface area contributed by atoms with Gasteiger partial charge < -0.3 is 14.2 Å². The normalized spacial score (nSPS) is 11.6. The zero-order chi connectivity index (χ0) is 44.3. The zero-order valence-corrected chi connectivity index (χ0v) is 36.6. The first-order valence-corrected chi connectivity index (χ1v) is 22.9. The van der Waals surface area contributed by atoms with Crippen LogP contribution < -0.4 is 9.80 Å². The highest BCUT2D eigenvalue weighted by atomic mass is 16.3. The molecule has 1 heterocycles. The highest BCUT2D eigenvalue weighted by Gasteiger charge is 2.23. The number of rotatable bonds is 9. The molecule has 0 amide bonds. The number of furan rings is 1. The average Bonchev–Trinajstić information content (AvgIpc) is 3.79. The Balaban J connectivity index is 0.947. The third-order valence-corrected chi connectivity index (χ3v) is 13.4. The second kappa shape index (κ2) is 16.0. The Labute approximate surface area is 389 Å². The summed E-state index contributed by atoms with van der Waals surface area (Å²) in [5.74, 6) is 0. The van der Waals surface area contributed by atoms with Crippen LogP contribution in [0.4, 0.5) is 34.1 Å². The van der Waals surface area contributed by atoms with Crippen LogP contribution in [-0.2, 0) is 0 Å². The lowest BCUT2D eigenvalue weighted by Gasteiger charge is -2.28. The van der Waals surface area contributed by atoms with Crippen molar-refractivity contribution < 1.29 is 4.42 Å². The van der Waals surface area contributed by atoms with Crippen molar-refractivity contribution in [3.8, 4) is 33.4 Å². The standard InChI is InChI=1S/C64H42N2O/c1-4-15-43(16-5-1)44-27-35-50(36-28-44)65(58-24-12-10-21-53(58)45-17-6-2-7-18-45)51-37-29-46(30-38-51)52-39-31-47-33-41-57-59(42-34-48-32-40-55(52)62(47)63(48)57)66(49-19-8-3-9-20-49)60-25-14-23-56-54-22-11-13-26-61(54)67-64(56)60/h1-42H. The Morgan fingerprint density at radius 2 is 0.761 bits per heavy atom. The summed E-state index contributed by atoms with van der Waals surface area (Å²) in [5, 5.41) is 9.60. The van der Waals surface area contributed by atoms with E-state index in [1.165, 1.54) is 65.7 Å². The van der Waals surface area contributed by atoms with Gasteiger partial charge >= 0.3 is 0 Å². The number of fused-ring (bicyclic) bond motifs is 3. The molecule has 0 aliphatic carbocycles. The van der Waals surface area contributed by atoms with Crippen molar-refractivity contribution in [1.29, 1.82) is 0 Å². The fourth-order valence-corrected chi connectivity index (χ4v) is 10.3. The Morgan fingerprint density at radius 3 is 1.51 bits per heavy atom. The Morgan fingerprint density at radius 1 is 0.254 bits per heavy atom. The van der Waals surface area contributed by atoms with Gasteiger partial charge in [0, 0.05) is 38.8 Å². The molecule has 13 rings (SSSR count). The minimum absolute atomic E-state index is 0.871. The van der Waals surface area contributed by atoms with Gasteiger partial charge in [0.1, 0.15) is 5.58 Å². The van der Waals surface area contributed by atoms with Gasteiger partial charge in [0.15, 0.2) is 5.58 Å². The molecule has 0 N–H and O–H groups in total. The third kappa shape index (κ3) is 6.51. The molecule has 0 saturated heterocycles. The van der Waals surface area contributed by atoms with Crippen molar-refractivity contribution in [1.82, 2.24) is 0 Å². The summed E-state index contributed by atoms with van der Waals surface area (Å²) in [6.45, 7) is 0. The minimum Gasteiger partial charge on any atom is -0.454 e. The smallest absolute Gasteiger partial charge is 0.159 e. The average molecular weight is 855 g/mol. The largest absolute Gasteiger partial charge is 0.454 e. The van der Waals surface area contributed by atoms with Crippen molar-refractivity contribution >= 4 is 88.4 Å². The molecule has 12 aromatic carbocycles. The van der Waals surface area contributed by atoms with Gasteiger partial charge in [-0.1, -0.05) is 194 Å². The molecule has 0 radical (unpaired) electrons. The van der Waals surface area contributed by atoms with Gasteiger partial charge in [-0.2, -0.15) is 0 Å². The van der Waals surface area contributed by atoms with E-state index in [4.69, 9.17) is 4.42 Å². The van der Waals surface area contributed by atoms with Crippen LogP contribution in [0.5, 0.6) is 0 Å². The van der Waals surface area contributed by atoms with Gasteiger partial charge in [-0.3, -0.25) is 0 Å². The molecule has 1 aromatic heterocycles. The van der Waals surface area contributed by atoms with Crippen molar-refractivity contribution in [3.63, 3.8) is 0 Å². The molecule has 0 atom stereocenters. The second-order valence-corrected chi connectivity index (χ2v) is 17.2. The molecule has 13 aromatic rings. The van der Waals surface area contributed by atoms with Crippen LogP contribution in [0.25, 0.3) is 87.6 Å². The molecule has 3 nitrogen and oxygen atoms in total. The number of para-hydroxylation sites is 4. The van der Waals surface area contributed by atoms with E-state index in [9.17, 15) is 0 Å². The molecule has 67 heavy (non-hydrogen) atoms. The molecule has 0 bridgehead atoms. The Bertz CT molecular complexity index is 3900. The number of nitrogens with zero attached hydrogens (tertiary/aromatic N) is 2. The minimum atomic E-state index is 0.871. The van der Waals surface area contributed by atoms with Crippen molar-refractivity contribution in [3.05, 3.63) is 255 Å². The lowest BCUT2D eigenvalue weighted by molar-refractivity contribution is 0.669. The molecule has 0 aliphatic heterocycles. The van der Waals surface area contributed by atoms with Gasteiger partial charge in [0.05, 0.1) is 17.1 Å². The molecule has 3 heteroatoms. The van der Waals surface area contributed by atoms with Crippen LogP contribution in [0.1, 0.15) is 0 Å². The zero-order valence-electron chi connectivity index (χ0n) is 36.6. The quantitative estimate of drug-likeness (QED) is 0.135. The van der Waals surface area contributed by atoms with E-state index in [0.717, 1.165) is 56.1 Å². The first-order valence-electron chi connectivity index (χ1n) is 22.9. The van der Waals surface area contributed by atoms with Crippen LogP contribution in [-0.4, -0.2) is 0 Å². The summed E-state index contributed by atoms with van der Waals surface area (Å²) in [6, 6.07) is 91.8. The number of anilines is 6. The van der Waals surface area contributed by atoms with Crippen LogP contribution >= 0.6 is 0 Å². The third-order valence-electron chi connectivity index (χ3n) is 13.4. The maximum atomic E-state index is 6.67. The predicted molar refractivity (Wildman–Crippen MR) is 283 cm³/mol. The lowest BCUT2D eigenvalue weighted by atomic mass is 9.89. The van der Waals surface area contributed by atoms with Gasteiger partial charge in [0.25, 0.3) is 0 Å². The predicted octanol–water partition coefficient (Wildman–Crippen LogP) is 18.4. The van der Waals surface area contributed by atoms with Crippen LogP contribution in [0.2, 0.25) is 0 Å². The molecule has 0 saturated carbocycles. The Hall–Kier alpha value is -8.92. The summed E-state index contributed by atoms with van der Waals surface area (Å²) in [5.41, 5.74) is 15.3. The van der Waals surface area contributed by atoms with Crippen molar-refractivity contribution in [2.24, 2.45) is 0 Å². The highest BCUT2D eigenvalue weighted by molar-refractivity contribution is 6.28. The first kappa shape index (κ1) is 38.5. The fourth-order valence-electron chi connectivity index (χ4n) is 10.3. The summed E-state index contributed by atoms with van der Waals surface area (Å²) in [4.78, 5) is 4.75. The van der Waals surface area contributed by atoms with Crippen LogP contribution in [0.15, 0.2) is 259 Å². The van der Waals surface area contributed by atoms with Crippen molar-refractivity contribution in [2.45, 2.75) is 0 Å². The van der Waals surface area contributed by atoms with Gasteiger partial charge in [-0.05, 0) is 115 Å². The molecular weight excluding hydrogens is 813 g/mol. The number of hydrogen-bond donors (Lipinski definition) is 0. The topological polar surface area (TPSA) is 19.6 Å². The maximum Gasteiger partial charge on any atom is 0.159 e.